The van der Waals surface area contributed by atoms with Crippen LogP contribution in [0.2, 0.25) is 0 Å². The highest BCUT2D eigenvalue weighted by atomic mass is 19.1. The van der Waals surface area contributed by atoms with Crippen molar-refractivity contribution in [2.45, 2.75) is 32.6 Å². The summed E-state index contributed by atoms with van der Waals surface area (Å²) in [5.74, 6) is -0.948. The topological polar surface area (TPSA) is 73.8 Å². The number of fused-ring (bicyclic) bond motifs is 1. The van der Waals surface area contributed by atoms with Crippen LogP contribution in [0.3, 0.4) is 0 Å². The number of halogens is 1. The lowest BCUT2D eigenvalue weighted by molar-refractivity contribution is 0.0524. The van der Waals surface area contributed by atoms with E-state index in [1.165, 1.54) is 10.6 Å². The standard InChI is InChI=1S/C22H21FN2O3/c1-3-28-22(27)17-10-16(13-4-5-13)20-12(2)19(14-6-8-15(24)9-7-14)18(23)11-25(20)21(17)26/h6-11,13H,3-5,24H2,1-2H3. The van der Waals surface area contributed by atoms with E-state index in [0.29, 0.717) is 27.9 Å². The van der Waals surface area contributed by atoms with Gasteiger partial charge in [0.1, 0.15) is 11.4 Å². The molecule has 1 fully saturated rings. The number of anilines is 1. The Morgan fingerprint density at radius 2 is 1.96 bits per heavy atom. The van der Waals surface area contributed by atoms with Gasteiger partial charge in [-0.05, 0) is 67.5 Å². The fourth-order valence-corrected chi connectivity index (χ4v) is 3.72. The van der Waals surface area contributed by atoms with Gasteiger partial charge < -0.3 is 10.5 Å². The normalized spacial score (nSPS) is 13.7. The summed E-state index contributed by atoms with van der Waals surface area (Å²) in [6.45, 7) is 3.66. The van der Waals surface area contributed by atoms with E-state index in [9.17, 15) is 9.59 Å². The number of nitrogens with zero attached hydrogens (tertiary/aromatic N) is 1. The highest BCUT2D eigenvalue weighted by Crippen LogP contribution is 2.44. The molecule has 0 amide bonds. The summed E-state index contributed by atoms with van der Waals surface area (Å²) in [5, 5.41) is 0. The highest BCUT2D eigenvalue weighted by molar-refractivity contribution is 5.91. The van der Waals surface area contributed by atoms with Gasteiger partial charge in [-0.15, -0.1) is 0 Å². The number of aromatic nitrogens is 1. The van der Waals surface area contributed by atoms with Crippen LogP contribution in [0.5, 0.6) is 0 Å². The SMILES string of the molecule is CCOC(=O)c1cc(C2CC2)c2c(C)c(-c3ccc(N)cc3)c(F)cn2c1=O. The van der Waals surface area contributed by atoms with E-state index >= 15 is 4.39 Å². The lowest BCUT2D eigenvalue weighted by atomic mass is 9.96. The molecule has 144 valence electrons. The average Bonchev–Trinajstić information content (AvgIpc) is 3.49. The first-order valence-corrected chi connectivity index (χ1v) is 9.33. The van der Waals surface area contributed by atoms with Gasteiger partial charge in [0, 0.05) is 17.4 Å². The quantitative estimate of drug-likeness (QED) is 0.547. The Bertz CT molecular complexity index is 1150. The molecule has 0 aliphatic heterocycles. The number of rotatable bonds is 4. The second kappa shape index (κ2) is 6.78. The van der Waals surface area contributed by atoms with E-state index in [2.05, 4.69) is 0 Å². The molecule has 1 aromatic carbocycles. The lowest BCUT2D eigenvalue weighted by Gasteiger charge is -2.17. The van der Waals surface area contributed by atoms with Gasteiger partial charge in [-0.2, -0.15) is 0 Å². The number of hydrogen-bond donors (Lipinski definition) is 1. The molecule has 0 spiro atoms. The van der Waals surface area contributed by atoms with Gasteiger partial charge >= 0.3 is 5.97 Å². The largest absolute Gasteiger partial charge is 0.462 e. The number of hydrogen-bond acceptors (Lipinski definition) is 4. The first-order chi connectivity index (χ1) is 13.4. The third-order valence-corrected chi connectivity index (χ3v) is 5.19. The number of benzene rings is 1. The van der Waals surface area contributed by atoms with Crippen molar-refractivity contribution < 1.29 is 13.9 Å². The Morgan fingerprint density at radius 1 is 1.29 bits per heavy atom. The van der Waals surface area contributed by atoms with Crippen molar-refractivity contribution in [3.8, 4) is 11.1 Å². The second-order valence-electron chi connectivity index (χ2n) is 7.13. The fourth-order valence-electron chi connectivity index (χ4n) is 3.72. The van der Waals surface area contributed by atoms with Crippen LogP contribution in [0.1, 0.15) is 47.2 Å². The van der Waals surface area contributed by atoms with Gasteiger partial charge in [0.25, 0.3) is 5.56 Å². The number of ether oxygens (including phenoxy) is 1. The summed E-state index contributed by atoms with van der Waals surface area (Å²) in [6.07, 6.45) is 3.12. The molecule has 2 N–H and O–H groups in total. The average molecular weight is 380 g/mol. The van der Waals surface area contributed by atoms with E-state index < -0.39 is 17.3 Å². The Kier molecular flexibility index (Phi) is 4.41. The Morgan fingerprint density at radius 3 is 2.57 bits per heavy atom. The Hall–Kier alpha value is -3.15. The summed E-state index contributed by atoms with van der Waals surface area (Å²) in [5.41, 5.74) is 9.06. The number of nitrogen functional groups attached to an aromatic ring is 1. The van der Waals surface area contributed by atoms with Gasteiger partial charge in [0.2, 0.25) is 0 Å². The number of pyridine rings is 2. The molecular weight excluding hydrogens is 359 g/mol. The molecule has 1 saturated carbocycles. The first kappa shape index (κ1) is 18.2. The van der Waals surface area contributed by atoms with Crippen molar-refractivity contribution in [1.29, 1.82) is 0 Å². The highest BCUT2D eigenvalue weighted by Gasteiger charge is 2.30. The molecule has 28 heavy (non-hydrogen) atoms. The minimum atomic E-state index is -0.676. The zero-order valence-corrected chi connectivity index (χ0v) is 15.8. The smallest absolute Gasteiger partial charge is 0.343 e. The third-order valence-electron chi connectivity index (χ3n) is 5.19. The third kappa shape index (κ3) is 2.95. The molecule has 0 bridgehead atoms. The van der Waals surface area contributed by atoms with Gasteiger partial charge in [-0.25, -0.2) is 9.18 Å². The number of esters is 1. The molecule has 2 heterocycles. The molecule has 0 unspecified atom stereocenters. The molecule has 5 nitrogen and oxygen atoms in total. The molecule has 2 aromatic heterocycles. The van der Waals surface area contributed by atoms with Gasteiger partial charge in [0.15, 0.2) is 0 Å². The van der Waals surface area contributed by atoms with Crippen LogP contribution in [0.25, 0.3) is 16.6 Å². The number of aryl methyl sites for hydroxylation is 1. The van der Waals surface area contributed by atoms with Crippen molar-refractivity contribution in [1.82, 2.24) is 4.40 Å². The zero-order valence-electron chi connectivity index (χ0n) is 15.8. The van der Waals surface area contributed by atoms with Crippen LogP contribution in [-0.2, 0) is 4.74 Å². The summed E-state index contributed by atoms with van der Waals surface area (Å²) in [7, 11) is 0. The van der Waals surface area contributed by atoms with Crippen LogP contribution in [0.15, 0.2) is 41.3 Å². The summed E-state index contributed by atoms with van der Waals surface area (Å²) < 4.78 is 21.3. The molecule has 1 aliphatic carbocycles. The maximum atomic E-state index is 15.1. The Balaban J connectivity index is 2.04. The lowest BCUT2D eigenvalue weighted by Crippen LogP contribution is -2.25. The predicted molar refractivity (Wildman–Crippen MR) is 106 cm³/mol. The molecule has 4 rings (SSSR count). The molecule has 1 aliphatic rings. The molecule has 3 aromatic rings. The summed E-state index contributed by atoms with van der Waals surface area (Å²) in [4.78, 5) is 25.2. The van der Waals surface area contributed by atoms with E-state index in [0.717, 1.165) is 18.4 Å². The monoisotopic (exact) mass is 380 g/mol. The maximum absolute atomic E-state index is 15.1. The van der Waals surface area contributed by atoms with Gasteiger partial charge in [0.05, 0.1) is 12.1 Å². The number of carbonyl (C=O) groups excluding carboxylic acids is 1. The van der Waals surface area contributed by atoms with Gasteiger partial charge in [-0.1, -0.05) is 12.1 Å². The van der Waals surface area contributed by atoms with Crippen LogP contribution in [-0.4, -0.2) is 17.0 Å². The maximum Gasteiger partial charge on any atom is 0.343 e. The summed E-state index contributed by atoms with van der Waals surface area (Å²) >= 11 is 0. The predicted octanol–water partition coefficient (Wildman–Crippen LogP) is 4.05. The van der Waals surface area contributed by atoms with Crippen molar-refractivity contribution in [3.63, 3.8) is 0 Å². The molecule has 0 saturated heterocycles. The van der Waals surface area contributed by atoms with Crippen LogP contribution < -0.4 is 11.3 Å². The first-order valence-electron chi connectivity index (χ1n) is 9.33. The zero-order chi connectivity index (χ0) is 20.0. The minimum Gasteiger partial charge on any atom is -0.462 e. The van der Waals surface area contributed by atoms with Crippen molar-refractivity contribution in [3.05, 3.63) is 69.4 Å². The van der Waals surface area contributed by atoms with Gasteiger partial charge in [-0.3, -0.25) is 9.20 Å². The van der Waals surface area contributed by atoms with Crippen molar-refractivity contribution >= 4 is 17.2 Å². The summed E-state index contributed by atoms with van der Waals surface area (Å²) in [6, 6.07) is 8.59. The van der Waals surface area contributed by atoms with Crippen molar-refractivity contribution in [2.75, 3.05) is 12.3 Å². The van der Waals surface area contributed by atoms with E-state index in [1.807, 2.05) is 0 Å². The molecule has 0 radical (unpaired) electrons. The number of carbonyl (C=O) groups is 1. The van der Waals surface area contributed by atoms with Crippen LogP contribution in [0, 0.1) is 12.7 Å². The van der Waals surface area contributed by atoms with Crippen molar-refractivity contribution in [2.24, 2.45) is 0 Å². The molecule has 6 heteroatoms. The molecular formula is C22H21FN2O3. The number of nitrogens with two attached hydrogens (primary N) is 1. The second-order valence-corrected chi connectivity index (χ2v) is 7.13. The molecule has 0 atom stereocenters. The fraction of sp³-hybridized carbons (Fsp3) is 0.273. The Labute approximate surface area is 161 Å². The van der Waals surface area contributed by atoms with E-state index in [4.69, 9.17) is 10.5 Å². The van der Waals surface area contributed by atoms with Crippen LogP contribution in [0.4, 0.5) is 10.1 Å². The minimum absolute atomic E-state index is 0.0553. The van der Waals surface area contributed by atoms with Crippen LogP contribution >= 0.6 is 0 Å². The van der Waals surface area contributed by atoms with E-state index in [-0.39, 0.29) is 18.1 Å². The van der Waals surface area contributed by atoms with E-state index in [1.54, 1.807) is 44.2 Å².